The lowest BCUT2D eigenvalue weighted by molar-refractivity contribution is -0.704. The average molecular weight is 169 g/mol. The van der Waals surface area contributed by atoms with Crippen LogP contribution in [0.1, 0.15) is 30.5 Å². The zero-order valence-corrected chi connectivity index (χ0v) is 6.95. The minimum absolute atomic E-state index is 0.108. The molecule has 0 atom stereocenters. The molecule has 0 aliphatic carbocycles. The Morgan fingerprint density at radius 1 is 1.75 bits per heavy atom. The van der Waals surface area contributed by atoms with E-state index >= 15 is 0 Å². The Morgan fingerprint density at radius 2 is 2.50 bits per heavy atom. The molecule has 1 aromatic heterocycles. The summed E-state index contributed by atoms with van der Waals surface area (Å²) in [5.41, 5.74) is 0. The number of aromatic carboxylic acids is 1. The molecule has 0 unspecified atom stereocenters. The van der Waals surface area contributed by atoms with Gasteiger partial charge >= 0.3 is 5.89 Å². The number of aromatic nitrogens is 1. The summed E-state index contributed by atoms with van der Waals surface area (Å²) in [6, 6.07) is 0. The predicted molar refractivity (Wildman–Crippen MR) is 38.1 cm³/mol. The van der Waals surface area contributed by atoms with Gasteiger partial charge in [0.2, 0.25) is 6.20 Å². The van der Waals surface area contributed by atoms with Crippen LogP contribution in [0.4, 0.5) is 0 Å². The van der Waals surface area contributed by atoms with Crippen molar-refractivity contribution < 1.29 is 18.9 Å². The topological polar surface area (TPSA) is 57.2 Å². The number of carboxylic acids is 1. The summed E-state index contributed by atoms with van der Waals surface area (Å²) in [7, 11) is 0. The fourth-order valence-corrected chi connectivity index (χ4v) is 0.974. The lowest BCUT2D eigenvalue weighted by atomic mass is 10.3. The summed E-state index contributed by atoms with van der Waals surface area (Å²) in [5, 5.41) is 10.4. The van der Waals surface area contributed by atoms with E-state index in [9.17, 15) is 9.90 Å². The van der Waals surface area contributed by atoms with E-state index in [4.69, 9.17) is 4.42 Å². The highest BCUT2D eigenvalue weighted by Crippen LogP contribution is 1.93. The normalized spacial score (nSPS) is 10.1. The van der Waals surface area contributed by atoms with Crippen molar-refractivity contribution in [3.63, 3.8) is 0 Å². The van der Waals surface area contributed by atoms with Crippen molar-refractivity contribution in [2.75, 3.05) is 0 Å². The molecule has 0 aromatic carbocycles. The van der Waals surface area contributed by atoms with Gasteiger partial charge in [0.05, 0.1) is 0 Å². The summed E-state index contributed by atoms with van der Waals surface area (Å²) >= 11 is 0. The van der Waals surface area contributed by atoms with Crippen LogP contribution in [0.2, 0.25) is 0 Å². The first-order valence-corrected chi connectivity index (χ1v) is 3.94. The number of carboxylic acid groups (broad SMARTS) is 1. The minimum atomic E-state index is -1.27. The standard InChI is InChI=1S/C8H11NO3/c1-2-3-4-9-5-6-12-7(9)8(10)11/h5-6H,2-4H2,1H3. The van der Waals surface area contributed by atoms with Crippen LogP contribution >= 0.6 is 0 Å². The fraction of sp³-hybridized carbons (Fsp3) is 0.500. The Bertz CT molecular complexity index is 267. The van der Waals surface area contributed by atoms with Crippen molar-refractivity contribution >= 4 is 5.97 Å². The van der Waals surface area contributed by atoms with Crippen molar-refractivity contribution in [1.82, 2.24) is 0 Å². The van der Waals surface area contributed by atoms with Crippen LogP contribution in [0.3, 0.4) is 0 Å². The van der Waals surface area contributed by atoms with Gasteiger partial charge in [0.1, 0.15) is 0 Å². The van der Waals surface area contributed by atoms with E-state index < -0.39 is 5.97 Å². The molecule has 0 aliphatic rings. The number of unbranched alkanes of at least 4 members (excludes halogenated alkanes) is 1. The van der Waals surface area contributed by atoms with Gasteiger partial charge in [0, 0.05) is 6.42 Å². The largest absolute Gasteiger partial charge is 0.537 e. The van der Waals surface area contributed by atoms with Gasteiger partial charge < -0.3 is 14.3 Å². The molecule has 4 nitrogen and oxygen atoms in total. The number of hydrogen-bond donors (Lipinski definition) is 0. The first-order valence-electron chi connectivity index (χ1n) is 3.94. The summed E-state index contributed by atoms with van der Waals surface area (Å²) < 4.78 is 6.26. The number of rotatable bonds is 4. The van der Waals surface area contributed by atoms with Crippen LogP contribution in [0, 0.1) is 0 Å². The zero-order valence-electron chi connectivity index (χ0n) is 6.95. The van der Waals surface area contributed by atoms with Crippen molar-refractivity contribution in [3.05, 3.63) is 18.4 Å². The molecule has 0 saturated carbocycles. The van der Waals surface area contributed by atoms with Gasteiger partial charge in [0.15, 0.2) is 18.8 Å². The van der Waals surface area contributed by atoms with Crippen LogP contribution in [-0.2, 0) is 6.54 Å². The van der Waals surface area contributed by atoms with Crippen molar-refractivity contribution in [2.24, 2.45) is 0 Å². The first-order chi connectivity index (χ1) is 5.75. The molecule has 0 saturated heterocycles. The monoisotopic (exact) mass is 169 g/mol. The van der Waals surface area contributed by atoms with E-state index in [1.807, 2.05) is 6.92 Å². The van der Waals surface area contributed by atoms with E-state index in [1.54, 1.807) is 10.8 Å². The summed E-state index contributed by atoms with van der Waals surface area (Å²) in [4.78, 5) is 10.4. The third-order valence-corrected chi connectivity index (χ3v) is 1.61. The smallest absolute Gasteiger partial charge is 0.396 e. The Labute approximate surface area is 70.4 Å². The summed E-state index contributed by atoms with van der Waals surface area (Å²) in [5.74, 6) is -1.38. The first kappa shape index (κ1) is 8.77. The highest BCUT2D eigenvalue weighted by atomic mass is 16.4. The molecule has 0 radical (unpaired) electrons. The number of carbonyl (C=O) groups excluding carboxylic acids is 1. The van der Waals surface area contributed by atoms with Gasteiger partial charge in [-0.3, -0.25) is 0 Å². The number of carbonyl (C=O) groups is 1. The number of nitrogens with zero attached hydrogens (tertiary/aromatic N) is 1. The van der Waals surface area contributed by atoms with Gasteiger partial charge in [-0.2, -0.15) is 4.57 Å². The lowest BCUT2D eigenvalue weighted by Crippen LogP contribution is -2.42. The van der Waals surface area contributed by atoms with E-state index in [0.717, 1.165) is 12.8 Å². The molecule has 12 heavy (non-hydrogen) atoms. The van der Waals surface area contributed by atoms with Crippen LogP contribution in [0.15, 0.2) is 16.9 Å². The Morgan fingerprint density at radius 3 is 3.08 bits per heavy atom. The molecular formula is C8H11NO3. The highest BCUT2D eigenvalue weighted by Gasteiger charge is 2.14. The SMILES string of the molecule is CCCC[n+]1ccoc1C(=O)[O-]. The van der Waals surface area contributed by atoms with E-state index in [-0.39, 0.29) is 5.89 Å². The minimum Gasteiger partial charge on any atom is -0.537 e. The van der Waals surface area contributed by atoms with Gasteiger partial charge in [-0.1, -0.05) is 13.3 Å². The molecule has 1 aromatic rings. The van der Waals surface area contributed by atoms with Gasteiger partial charge in [-0.15, -0.1) is 0 Å². The molecule has 0 fully saturated rings. The Hall–Kier alpha value is -1.32. The molecule has 0 amide bonds. The van der Waals surface area contributed by atoms with Gasteiger partial charge in [-0.25, -0.2) is 0 Å². The second-order valence-electron chi connectivity index (χ2n) is 2.54. The van der Waals surface area contributed by atoms with Crippen LogP contribution in [0.25, 0.3) is 0 Å². The third kappa shape index (κ3) is 1.84. The molecule has 0 spiro atoms. The summed E-state index contributed by atoms with van der Waals surface area (Å²) in [6.45, 7) is 2.70. The van der Waals surface area contributed by atoms with Crippen LogP contribution in [0.5, 0.6) is 0 Å². The summed E-state index contributed by atoms with van der Waals surface area (Å²) in [6.07, 6.45) is 4.90. The quantitative estimate of drug-likeness (QED) is 0.583. The maximum atomic E-state index is 10.4. The molecule has 0 bridgehead atoms. The van der Waals surface area contributed by atoms with E-state index in [1.165, 1.54) is 6.26 Å². The molecule has 0 N–H and O–H groups in total. The van der Waals surface area contributed by atoms with Crippen molar-refractivity contribution in [2.45, 2.75) is 26.3 Å². The highest BCUT2D eigenvalue weighted by molar-refractivity contribution is 5.78. The molecule has 0 aliphatic heterocycles. The fourth-order valence-electron chi connectivity index (χ4n) is 0.974. The predicted octanol–water partition coefficient (Wildman–Crippen LogP) is -0.269. The van der Waals surface area contributed by atoms with Crippen LogP contribution in [-0.4, -0.2) is 5.97 Å². The molecule has 1 rings (SSSR count). The Kier molecular flexibility index (Phi) is 2.85. The molecule has 1 heterocycles. The molecule has 4 heteroatoms. The average Bonchev–Trinajstić information content (AvgIpc) is 2.48. The van der Waals surface area contributed by atoms with Gasteiger partial charge in [0.25, 0.3) is 0 Å². The van der Waals surface area contributed by atoms with E-state index in [2.05, 4.69) is 0 Å². The number of hydrogen-bond acceptors (Lipinski definition) is 3. The lowest BCUT2D eigenvalue weighted by Gasteiger charge is -1.94. The maximum absolute atomic E-state index is 10.4. The number of oxazole rings is 1. The second-order valence-corrected chi connectivity index (χ2v) is 2.54. The second kappa shape index (κ2) is 3.90. The van der Waals surface area contributed by atoms with Crippen molar-refractivity contribution in [3.8, 4) is 0 Å². The van der Waals surface area contributed by atoms with E-state index in [0.29, 0.717) is 6.54 Å². The van der Waals surface area contributed by atoms with Gasteiger partial charge in [-0.05, 0) is 0 Å². The maximum Gasteiger partial charge on any atom is 0.396 e. The Balaban J connectivity index is 2.70. The number of aryl methyl sites for hydroxylation is 1. The van der Waals surface area contributed by atoms with Crippen LogP contribution < -0.4 is 9.67 Å². The third-order valence-electron chi connectivity index (χ3n) is 1.61. The molecule has 66 valence electrons. The molecular weight excluding hydrogens is 158 g/mol. The zero-order chi connectivity index (χ0) is 8.97. The van der Waals surface area contributed by atoms with Crippen molar-refractivity contribution in [1.29, 1.82) is 0 Å².